The van der Waals surface area contributed by atoms with Crippen molar-refractivity contribution in [1.82, 2.24) is 4.40 Å². The molecule has 0 N–H and O–H groups in total. The van der Waals surface area contributed by atoms with E-state index in [0.717, 1.165) is 31.4 Å². The Morgan fingerprint density at radius 3 is 2.34 bits per heavy atom. The van der Waals surface area contributed by atoms with Gasteiger partial charge in [0.15, 0.2) is 23.6 Å². The quantitative estimate of drug-likeness (QED) is 0.147. The van der Waals surface area contributed by atoms with Crippen molar-refractivity contribution in [1.29, 1.82) is 0 Å². The zero-order valence-electron chi connectivity index (χ0n) is 34.0. The summed E-state index contributed by atoms with van der Waals surface area (Å²) in [6.45, 7) is 17.1. The van der Waals surface area contributed by atoms with Gasteiger partial charge in [0.2, 0.25) is 11.4 Å². The Morgan fingerprint density at radius 2 is 1.48 bits per heavy atom. The van der Waals surface area contributed by atoms with E-state index in [2.05, 4.69) is 182 Å². The second kappa shape index (κ2) is 11.6. The first kappa shape index (κ1) is 34.2. The maximum absolute atomic E-state index is 4.90. The average molecular weight is 770 g/mol. The number of allylic oxidation sites excluding steroid dienone is 1. The van der Waals surface area contributed by atoms with Gasteiger partial charge in [-0.2, -0.15) is 9.13 Å². The monoisotopic (exact) mass is 769 g/mol. The van der Waals surface area contributed by atoms with Crippen LogP contribution in [0.3, 0.4) is 0 Å². The summed E-state index contributed by atoms with van der Waals surface area (Å²) < 4.78 is 10.4. The summed E-state index contributed by atoms with van der Waals surface area (Å²) >= 11 is 1.95. The van der Waals surface area contributed by atoms with Crippen LogP contribution in [0.2, 0.25) is 0 Å². The van der Waals surface area contributed by atoms with Gasteiger partial charge in [0.25, 0.3) is 0 Å². The molecule has 0 bridgehead atoms. The van der Waals surface area contributed by atoms with Gasteiger partial charge in [0.05, 0.1) is 33.9 Å². The molecule has 7 heterocycles. The fourth-order valence-corrected chi connectivity index (χ4v) is 12.6. The van der Waals surface area contributed by atoms with Crippen molar-refractivity contribution < 1.29 is 9.13 Å². The van der Waals surface area contributed by atoms with Crippen LogP contribution in [0.25, 0.3) is 86.5 Å². The van der Waals surface area contributed by atoms with Crippen LogP contribution in [0, 0.1) is 5.41 Å². The van der Waals surface area contributed by atoms with Gasteiger partial charge in [-0.05, 0) is 97.3 Å². The molecule has 2 atom stereocenters. The van der Waals surface area contributed by atoms with Crippen LogP contribution in [0.1, 0.15) is 64.2 Å². The Balaban J connectivity index is 1.22. The van der Waals surface area contributed by atoms with Crippen LogP contribution in [0.5, 0.6) is 0 Å². The molecule has 4 heteroatoms. The summed E-state index contributed by atoms with van der Waals surface area (Å²) in [5.74, 6) is 0. The lowest BCUT2D eigenvalue weighted by Gasteiger charge is -2.47. The number of rotatable bonds is 1. The Bertz CT molecular complexity index is 3390. The van der Waals surface area contributed by atoms with Crippen molar-refractivity contribution in [2.24, 2.45) is 5.41 Å². The molecule has 2 aliphatic heterocycles. The Kier molecular flexibility index (Phi) is 6.87. The molecule has 0 radical (unpaired) electrons. The van der Waals surface area contributed by atoms with Crippen LogP contribution < -0.4 is 9.13 Å². The number of aromatic nitrogens is 3. The second-order valence-electron chi connectivity index (χ2n) is 18.9. The van der Waals surface area contributed by atoms with Crippen molar-refractivity contribution in [3.8, 4) is 22.5 Å². The second-order valence-corrected chi connectivity index (χ2v) is 19.9. The van der Waals surface area contributed by atoms with Crippen molar-refractivity contribution in [2.75, 3.05) is 0 Å². The van der Waals surface area contributed by atoms with Crippen molar-refractivity contribution in [2.45, 2.75) is 71.3 Å². The van der Waals surface area contributed by atoms with E-state index in [1.807, 2.05) is 11.3 Å². The highest BCUT2D eigenvalue weighted by Gasteiger charge is 2.59. The number of aryl methyl sites for hydroxylation is 1. The van der Waals surface area contributed by atoms with E-state index in [1.165, 1.54) is 97.5 Å². The minimum Gasteiger partial charge on any atom is -0.308 e. The molecule has 0 saturated heterocycles. The van der Waals surface area contributed by atoms with E-state index in [9.17, 15) is 0 Å². The number of hydrogen-bond donors (Lipinski definition) is 0. The van der Waals surface area contributed by atoms with E-state index in [1.54, 1.807) is 0 Å². The van der Waals surface area contributed by atoms with Gasteiger partial charge in [0, 0.05) is 78.5 Å². The minimum absolute atomic E-state index is 0.165. The first-order valence-corrected chi connectivity index (χ1v) is 21.7. The highest BCUT2D eigenvalue weighted by molar-refractivity contribution is 7.26. The molecule has 5 aromatic heterocycles. The van der Waals surface area contributed by atoms with Gasteiger partial charge in [-0.25, -0.2) is 0 Å². The topological polar surface area (TPSA) is 12.2 Å². The molecule has 58 heavy (non-hydrogen) atoms. The molecule has 282 valence electrons. The van der Waals surface area contributed by atoms with E-state index >= 15 is 0 Å². The van der Waals surface area contributed by atoms with Crippen LogP contribution in [0.4, 0.5) is 0 Å². The van der Waals surface area contributed by atoms with Crippen LogP contribution >= 0.6 is 11.3 Å². The van der Waals surface area contributed by atoms with Crippen LogP contribution in [0.15, 0.2) is 140 Å². The lowest BCUT2D eigenvalue weighted by atomic mass is 9.59. The standard InChI is InChI=1S/C54H47N3S/c1-33-31-54(6)53(5,24-22-35-15-7-8-16-36(35)44-19-13-14-25-55(33)44)43-30-47-42(29-41(43)46-27-34(23-26-56(46)54)32-52(2,3)4)49-50-39(37-17-9-11-20-45(37)57(47)50)28-40-38-18-10-12-21-48(38)58-51(40)49/h7-21,23,25-30H,1,22,24,31-32H2,2-6H3/q+2. The molecule has 0 aliphatic carbocycles. The smallest absolute Gasteiger partial charge is 0.218 e. The van der Waals surface area contributed by atoms with E-state index in [0.29, 0.717) is 0 Å². The number of fused-ring (bicyclic) bond motifs is 19. The fraction of sp³-hybridized carbons (Fsp3) is 0.222. The van der Waals surface area contributed by atoms with Gasteiger partial charge < -0.3 is 4.40 Å². The summed E-state index contributed by atoms with van der Waals surface area (Å²) in [6, 6.07) is 46.3. The fourth-order valence-electron chi connectivity index (χ4n) is 11.4. The largest absolute Gasteiger partial charge is 0.308 e. The normalized spacial score (nSPS) is 19.5. The molecule has 0 fully saturated rings. The zero-order valence-corrected chi connectivity index (χ0v) is 34.8. The molecule has 5 aromatic carbocycles. The molecule has 0 spiro atoms. The maximum Gasteiger partial charge on any atom is 0.218 e. The van der Waals surface area contributed by atoms with Gasteiger partial charge in [-0.15, -0.1) is 11.3 Å². The number of benzene rings is 5. The van der Waals surface area contributed by atoms with Crippen molar-refractivity contribution >= 4 is 75.3 Å². The third-order valence-corrected chi connectivity index (χ3v) is 15.4. The van der Waals surface area contributed by atoms with Crippen LogP contribution in [-0.2, 0) is 23.8 Å². The molecule has 0 saturated carbocycles. The zero-order chi connectivity index (χ0) is 39.3. The molecular formula is C54H47N3S+2. The van der Waals surface area contributed by atoms with Crippen LogP contribution in [-0.4, -0.2) is 4.40 Å². The van der Waals surface area contributed by atoms with E-state index < -0.39 is 0 Å². The highest BCUT2D eigenvalue weighted by atomic mass is 32.1. The highest BCUT2D eigenvalue weighted by Crippen LogP contribution is 2.55. The first-order chi connectivity index (χ1) is 28.0. The molecular weight excluding hydrogens is 723 g/mol. The number of thiophene rings is 1. The molecule has 2 aliphatic rings. The predicted molar refractivity (Wildman–Crippen MR) is 244 cm³/mol. The predicted octanol–water partition coefficient (Wildman–Crippen LogP) is 13.2. The average Bonchev–Trinajstić information content (AvgIpc) is 3.87. The summed E-state index contributed by atoms with van der Waals surface area (Å²) in [7, 11) is 0. The van der Waals surface area contributed by atoms with E-state index in [4.69, 9.17) is 6.58 Å². The molecule has 0 amide bonds. The van der Waals surface area contributed by atoms with Gasteiger partial charge in [-0.1, -0.05) is 75.4 Å². The first-order valence-electron chi connectivity index (χ1n) is 20.9. The maximum atomic E-state index is 4.90. The number of pyridine rings is 2. The Morgan fingerprint density at radius 1 is 0.707 bits per heavy atom. The summed E-state index contributed by atoms with van der Waals surface area (Å²) in [4.78, 5) is 0. The summed E-state index contributed by atoms with van der Waals surface area (Å²) in [6.07, 6.45) is 8.43. The number of hydrogen-bond acceptors (Lipinski definition) is 1. The lowest BCUT2D eigenvalue weighted by molar-refractivity contribution is -0.766. The summed E-state index contributed by atoms with van der Waals surface area (Å²) in [5, 5.41) is 8.12. The molecule has 3 nitrogen and oxygen atoms in total. The molecule has 2 unspecified atom stereocenters. The molecule has 12 rings (SSSR count). The Labute approximate surface area is 343 Å². The van der Waals surface area contributed by atoms with Gasteiger partial charge >= 0.3 is 0 Å². The SMILES string of the molecule is C=C1CC2(C)[n+]3ccc(CC(C)(C)C)cc3-c3cc4c5c6sc7ccccc7c6cc6c7ccccc7n(c4cc3C2(C)CCc2ccccc2-c2cccc[n+]21)c65. The summed E-state index contributed by atoms with van der Waals surface area (Å²) in [5.41, 5.74) is 14.0. The van der Waals surface area contributed by atoms with E-state index in [-0.39, 0.29) is 16.4 Å². The van der Waals surface area contributed by atoms with Gasteiger partial charge in [0.1, 0.15) is 0 Å². The number of para-hydroxylation sites is 1. The molecule has 10 aromatic rings. The Hall–Kier alpha value is -5.84. The minimum atomic E-state index is -0.328. The third kappa shape index (κ3) is 4.50. The third-order valence-electron chi connectivity index (χ3n) is 14.2. The lowest BCUT2D eigenvalue weighted by Crippen LogP contribution is -2.68. The van der Waals surface area contributed by atoms with Crippen molar-refractivity contribution in [3.63, 3.8) is 0 Å². The van der Waals surface area contributed by atoms with Gasteiger partial charge in [-0.3, -0.25) is 0 Å². The number of nitrogens with zero attached hydrogens (tertiary/aromatic N) is 3. The van der Waals surface area contributed by atoms with Crippen molar-refractivity contribution in [3.05, 3.63) is 157 Å².